The number of benzene rings is 10. The van der Waals surface area contributed by atoms with Crippen molar-refractivity contribution in [2.24, 2.45) is 0 Å². The van der Waals surface area contributed by atoms with E-state index in [-0.39, 0.29) is 0 Å². The summed E-state index contributed by atoms with van der Waals surface area (Å²) in [5, 5.41) is 6.17. The summed E-state index contributed by atoms with van der Waals surface area (Å²) in [4.78, 5) is 12.0. The molecular formula is C66H46N4O. The molecule has 0 spiro atoms. The van der Waals surface area contributed by atoms with E-state index in [2.05, 4.69) is 259 Å². The molecule has 13 rings (SSSR count). The van der Waals surface area contributed by atoms with Crippen LogP contribution in [0.4, 0.5) is 22.7 Å². The quantitative estimate of drug-likeness (QED) is 0.128. The second-order valence-electron chi connectivity index (χ2n) is 18.0. The number of pyridine rings is 1. The first-order valence-electron chi connectivity index (χ1n) is 24.1. The Morgan fingerprint density at radius 1 is 0.338 bits per heavy atom. The number of hydrogen-bond donors (Lipinski definition) is 0. The average molecular weight is 911 g/mol. The molecule has 2 aromatic heterocycles. The van der Waals surface area contributed by atoms with Crippen LogP contribution in [0.15, 0.2) is 279 Å². The largest absolute Gasteiger partial charge is 0.294 e. The molecule has 3 heterocycles. The van der Waals surface area contributed by atoms with Gasteiger partial charge in [0.05, 0.1) is 39.2 Å². The average Bonchev–Trinajstić information content (AvgIpc) is 4.01. The van der Waals surface area contributed by atoms with Crippen molar-refractivity contribution >= 4 is 44.6 Å². The summed E-state index contributed by atoms with van der Waals surface area (Å²) in [6, 6.07) is 97.5. The SMILES string of the molecule is c1ccc(-c2cccc(-c3ccccc3)c2-c2ccnc(-n3c4ccccc4c4ccc(C(c5ccccc5)(c5ccccc5)c5cccc(N6ON(c7ccccc7)c7ccccc76)c5)cc43)c2)cc1. The highest BCUT2D eigenvalue weighted by Gasteiger charge is 2.40. The first-order chi connectivity index (χ1) is 35.2. The summed E-state index contributed by atoms with van der Waals surface area (Å²) in [6.07, 6.45) is 1.97. The van der Waals surface area contributed by atoms with Gasteiger partial charge in [-0.05, 0) is 116 Å². The molecule has 0 saturated carbocycles. The van der Waals surface area contributed by atoms with Crippen LogP contribution in [0.3, 0.4) is 0 Å². The van der Waals surface area contributed by atoms with Gasteiger partial charge in [-0.25, -0.2) is 4.98 Å². The van der Waals surface area contributed by atoms with Gasteiger partial charge in [0.25, 0.3) is 0 Å². The van der Waals surface area contributed by atoms with E-state index in [4.69, 9.17) is 9.92 Å². The van der Waals surface area contributed by atoms with Crippen LogP contribution in [0, 0.1) is 0 Å². The second-order valence-corrected chi connectivity index (χ2v) is 18.0. The topological polar surface area (TPSA) is 33.5 Å². The van der Waals surface area contributed by atoms with Gasteiger partial charge in [0.1, 0.15) is 5.82 Å². The summed E-state index contributed by atoms with van der Waals surface area (Å²) in [7, 11) is 0. The third-order valence-corrected chi connectivity index (χ3v) is 14.0. The summed E-state index contributed by atoms with van der Waals surface area (Å²) in [5.74, 6) is 0.840. The number of nitrogens with zero attached hydrogens (tertiary/aromatic N) is 4. The lowest BCUT2D eigenvalue weighted by Crippen LogP contribution is -2.31. The van der Waals surface area contributed by atoms with E-state index in [1.54, 1.807) is 0 Å². The van der Waals surface area contributed by atoms with Gasteiger partial charge in [-0.3, -0.25) is 4.57 Å². The molecule has 0 unspecified atom stereocenters. The van der Waals surface area contributed by atoms with E-state index in [1.165, 1.54) is 16.7 Å². The highest BCUT2D eigenvalue weighted by Crippen LogP contribution is 2.50. The Bertz CT molecular complexity index is 3760. The molecule has 0 saturated heterocycles. The minimum Gasteiger partial charge on any atom is -0.294 e. The third kappa shape index (κ3) is 7.10. The van der Waals surface area contributed by atoms with E-state index in [9.17, 15) is 0 Å². The van der Waals surface area contributed by atoms with Gasteiger partial charge >= 0.3 is 0 Å². The number of aromatic nitrogens is 2. The van der Waals surface area contributed by atoms with E-state index in [0.717, 1.165) is 89.3 Å². The molecule has 336 valence electrons. The van der Waals surface area contributed by atoms with Crippen LogP contribution in [0.2, 0.25) is 0 Å². The molecule has 1 aliphatic rings. The van der Waals surface area contributed by atoms with Crippen molar-refractivity contribution in [2.45, 2.75) is 5.41 Å². The van der Waals surface area contributed by atoms with Crippen LogP contribution in [-0.2, 0) is 10.4 Å². The Hall–Kier alpha value is -9.29. The van der Waals surface area contributed by atoms with Gasteiger partial charge in [-0.2, -0.15) is 10.1 Å². The molecule has 0 bridgehead atoms. The number of rotatable bonds is 10. The van der Waals surface area contributed by atoms with Gasteiger partial charge in [-0.1, -0.05) is 212 Å². The molecule has 5 heteroatoms. The lowest BCUT2D eigenvalue weighted by Gasteiger charge is -2.37. The molecule has 0 radical (unpaired) electrons. The zero-order chi connectivity index (χ0) is 47.1. The monoisotopic (exact) mass is 910 g/mol. The second kappa shape index (κ2) is 17.7. The summed E-state index contributed by atoms with van der Waals surface area (Å²) in [5.41, 5.74) is 16.6. The lowest BCUT2D eigenvalue weighted by atomic mass is 9.65. The number of hydrogen-bond acceptors (Lipinski definition) is 4. The van der Waals surface area contributed by atoms with Crippen LogP contribution in [0.25, 0.3) is 61.0 Å². The predicted octanol–water partition coefficient (Wildman–Crippen LogP) is 16.7. The van der Waals surface area contributed by atoms with Gasteiger partial charge in [0, 0.05) is 17.0 Å². The molecule has 1 aliphatic heterocycles. The number of anilines is 4. The van der Waals surface area contributed by atoms with Crippen LogP contribution in [0.1, 0.15) is 22.3 Å². The minimum atomic E-state index is -0.777. The first-order valence-corrected chi connectivity index (χ1v) is 24.1. The number of fused-ring (bicyclic) bond motifs is 4. The molecule has 5 nitrogen and oxygen atoms in total. The highest BCUT2D eigenvalue weighted by molar-refractivity contribution is 6.09. The molecule has 0 fully saturated rings. The first kappa shape index (κ1) is 41.9. The smallest absolute Gasteiger partial charge is 0.138 e. The summed E-state index contributed by atoms with van der Waals surface area (Å²) < 4.78 is 2.36. The van der Waals surface area contributed by atoms with Crippen molar-refractivity contribution in [2.75, 3.05) is 10.1 Å². The van der Waals surface area contributed by atoms with Crippen LogP contribution in [0.5, 0.6) is 0 Å². The van der Waals surface area contributed by atoms with E-state index in [0.29, 0.717) is 0 Å². The van der Waals surface area contributed by atoms with E-state index < -0.39 is 5.41 Å². The van der Waals surface area contributed by atoms with Crippen LogP contribution < -0.4 is 10.1 Å². The van der Waals surface area contributed by atoms with E-state index >= 15 is 0 Å². The van der Waals surface area contributed by atoms with Crippen molar-refractivity contribution in [3.63, 3.8) is 0 Å². The molecule has 10 aromatic carbocycles. The Morgan fingerprint density at radius 2 is 0.831 bits per heavy atom. The number of para-hydroxylation sites is 4. The van der Waals surface area contributed by atoms with Crippen LogP contribution >= 0.6 is 0 Å². The lowest BCUT2D eigenvalue weighted by molar-refractivity contribution is 0.156. The van der Waals surface area contributed by atoms with Gasteiger partial charge in [0.2, 0.25) is 0 Å². The molecule has 0 amide bonds. The maximum absolute atomic E-state index is 6.81. The highest BCUT2D eigenvalue weighted by atomic mass is 16.8. The van der Waals surface area contributed by atoms with Crippen molar-refractivity contribution in [3.05, 3.63) is 301 Å². The molecule has 0 atom stereocenters. The maximum atomic E-state index is 6.81. The van der Waals surface area contributed by atoms with Crippen LogP contribution in [-0.4, -0.2) is 9.55 Å². The van der Waals surface area contributed by atoms with Crippen molar-refractivity contribution in [1.82, 2.24) is 9.55 Å². The Labute approximate surface area is 413 Å². The Kier molecular flexibility index (Phi) is 10.4. The van der Waals surface area contributed by atoms with Crippen molar-refractivity contribution in [3.8, 4) is 39.2 Å². The van der Waals surface area contributed by atoms with Gasteiger partial charge < -0.3 is 0 Å². The minimum absolute atomic E-state index is 0.777. The van der Waals surface area contributed by atoms with Gasteiger partial charge in [-0.15, -0.1) is 4.94 Å². The zero-order valence-electron chi connectivity index (χ0n) is 38.8. The van der Waals surface area contributed by atoms with Gasteiger partial charge in [0.15, 0.2) is 0 Å². The predicted molar refractivity (Wildman–Crippen MR) is 291 cm³/mol. The fraction of sp³-hybridized carbons (Fsp3) is 0.0152. The standard InChI is InChI=1S/C66H46N4O/c1-6-22-47(23-7-1)56-35-21-36-57(48-24-8-2-9-25-48)65(56)49-42-43-67-64(44-49)68-60-37-17-16-34-58(60)59-41-40-53(46-63(59)68)66(50-26-10-3-11-27-50,51-28-12-4-13-29-51)52-30-20-33-55(45-52)70-62-39-19-18-38-61(62)69(71-70)54-31-14-5-15-32-54/h1-46H. The Morgan fingerprint density at radius 3 is 1.48 bits per heavy atom. The Balaban J connectivity index is 1.03. The molecule has 71 heavy (non-hydrogen) atoms. The molecule has 0 aliphatic carbocycles. The normalized spacial score (nSPS) is 12.4. The van der Waals surface area contributed by atoms with Crippen molar-refractivity contribution < 1.29 is 4.94 Å². The third-order valence-electron chi connectivity index (χ3n) is 14.0. The fourth-order valence-corrected chi connectivity index (χ4v) is 10.9. The summed E-state index contributed by atoms with van der Waals surface area (Å²) >= 11 is 0. The van der Waals surface area contributed by atoms with Crippen molar-refractivity contribution in [1.29, 1.82) is 0 Å². The van der Waals surface area contributed by atoms with E-state index in [1.807, 2.05) is 34.5 Å². The maximum Gasteiger partial charge on any atom is 0.138 e. The fourth-order valence-electron chi connectivity index (χ4n) is 10.9. The molecule has 0 N–H and O–H groups in total. The molecule has 12 aromatic rings. The summed E-state index contributed by atoms with van der Waals surface area (Å²) in [6.45, 7) is 0. The zero-order valence-corrected chi connectivity index (χ0v) is 38.8. The molecular weight excluding hydrogens is 865 g/mol.